The summed E-state index contributed by atoms with van der Waals surface area (Å²) in [5.74, 6) is -0.698. The Morgan fingerprint density at radius 2 is 1.73 bits per heavy atom. The third-order valence-corrected chi connectivity index (χ3v) is 3.65. The number of carboxylic acid groups (broad SMARTS) is 1. The average Bonchev–Trinajstić information content (AvgIpc) is 2.72. The lowest BCUT2D eigenvalue weighted by molar-refractivity contribution is -0.141. The van der Waals surface area contributed by atoms with Crippen LogP contribution in [0.5, 0.6) is 0 Å². The highest BCUT2D eigenvalue weighted by Crippen LogP contribution is 2.64. The number of hydrogen-bond acceptors (Lipinski definition) is 1. The lowest BCUT2D eigenvalue weighted by atomic mass is 9.87. The lowest BCUT2D eigenvalue weighted by Crippen LogP contribution is -2.25. The third-order valence-electron chi connectivity index (χ3n) is 3.65. The summed E-state index contributed by atoms with van der Waals surface area (Å²) in [6.45, 7) is 6.04. The molecule has 1 aromatic rings. The SMILES string of the molecule is Cc1ccc(C2(C(=O)O)CC2(C)C)cc1. The molecule has 1 atom stereocenters. The maximum Gasteiger partial charge on any atom is 0.314 e. The fraction of sp³-hybridized carbons (Fsp3) is 0.462. The molecule has 1 aliphatic rings. The van der Waals surface area contributed by atoms with Gasteiger partial charge in [-0.2, -0.15) is 0 Å². The largest absolute Gasteiger partial charge is 0.481 e. The summed E-state index contributed by atoms with van der Waals surface area (Å²) < 4.78 is 0. The maximum absolute atomic E-state index is 11.4. The van der Waals surface area contributed by atoms with Gasteiger partial charge in [-0.1, -0.05) is 43.7 Å². The van der Waals surface area contributed by atoms with Crippen molar-refractivity contribution in [1.82, 2.24) is 0 Å². The quantitative estimate of drug-likeness (QED) is 0.804. The fourth-order valence-electron chi connectivity index (χ4n) is 2.44. The summed E-state index contributed by atoms with van der Waals surface area (Å²) in [5.41, 5.74) is 1.33. The van der Waals surface area contributed by atoms with Crippen molar-refractivity contribution in [3.8, 4) is 0 Å². The van der Waals surface area contributed by atoms with Crippen LogP contribution in [0.3, 0.4) is 0 Å². The van der Waals surface area contributed by atoms with Gasteiger partial charge in [0.2, 0.25) is 0 Å². The van der Waals surface area contributed by atoms with Crippen molar-refractivity contribution < 1.29 is 9.90 Å². The molecule has 2 nitrogen and oxygen atoms in total. The van der Waals surface area contributed by atoms with E-state index in [0.717, 1.165) is 17.5 Å². The van der Waals surface area contributed by atoms with Crippen molar-refractivity contribution >= 4 is 5.97 Å². The summed E-state index contributed by atoms with van der Waals surface area (Å²) >= 11 is 0. The summed E-state index contributed by atoms with van der Waals surface area (Å²) in [5, 5.41) is 9.36. The normalized spacial score (nSPS) is 27.4. The predicted octanol–water partition coefficient (Wildman–Crippen LogP) is 2.75. The van der Waals surface area contributed by atoms with E-state index in [2.05, 4.69) is 0 Å². The smallest absolute Gasteiger partial charge is 0.314 e. The highest BCUT2D eigenvalue weighted by atomic mass is 16.4. The summed E-state index contributed by atoms with van der Waals surface area (Å²) in [4.78, 5) is 11.4. The minimum atomic E-state index is -0.698. The van der Waals surface area contributed by atoms with Crippen LogP contribution in [0.15, 0.2) is 24.3 Å². The Labute approximate surface area is 89.9 Å². The van der Waals surface area contributed by atoms with E-state index in [9.17, 15) is 9.90 Å². The van der Waals surface area contributed by atoms with Crippen LogP contribution in [0.2, 0.25) is 0 Å². The van der Waals surface area contributed by atoms with Gasteiger partial charge in [-0.25, -0.2) is 0 Å². The van der Waals surface area contributed by atoms with E-state index in [-0.39, 0.29) is 5.41 Å². The molecule has 1 fully saturated rings. The number of aliphatic carboxylic acids is 1. The van der Waals surface area contributed by atoms with Crippen LogP contribution < -0.4 is 0 Å². The number of carbonyl (C=O) groups is 1. The summed E-state index contributed by atoms with van der Waals surface area (Å²) in [7, 11) is 0. The van der Waals surface area contributed by atoms with Crippen molar-refractivity contribution in [1.29, 1.82) is 0 Å². The molecule has 0 bridgehead atoms. The van der Waals surface area contributed by atoms with Gasteiger partial charge >= 0.3 is 5.97 Å². The monoisotopic (exact) mass is 204 g/mol. The Kier molecular flexibility index (Phi) is 1.94. The Bertz CT molecular complexity index is 403. The number of aryl methyl sites for hydroxylation is 1. The first-order chi connectivity index (χ1) is 6.90. The van der Waals surface area contributed by atoms with Crippen molar-refractivity contribution in [2.75, 3.05) is 0 Å². The van der Waals surface area contributed by atoms with Crippen LogP contribution in [-0.4, -0.2) is 11.1 Å². The van der Waals surface area contributed by atoms with Crippen molar-refractivity contribution in [2.24, 2.45) is 5.41 Å². The van der Waals surface area contributed by atoms with E-state index in [0.29, 0.717) is 0 Å². The second kappa shape index (κ2) is 2.84. The molecule has 2 heteroatoms. The first kappa shape index (κ1) is 10.2. The molecule has 2 rings (SSSR count). The highest BCUT2D eigenvalue weighted by molar-refractivity contribution is 5.87. The van der Waals surface area contributed by atoms with Gasteiger partial charge in [0, 0.05) is 0 Å². The summed E-state index contributed by atoms with van der Waals surface area (Å²) in [6, 6.07) is 7.85. The van der Waals surface area contributed by atoms with E-state index < -0.39 is 11.4 Å². The molecule has 0 saturated heterocycles. The van der Waals surface area contributed by atoms with Crippen LogP contribution in [0.4, 0.5) is 0 Å². The van der Waals surface area contributed by atoms with Gasteiger partial charge in [-0.3, -0.25) is 4.79 Å². The molecular formula is C13H16O2. The molecule has 0 amide bonds. The third kappa shape index (κ3) is 1.28. The molecular weight excluding hydrogens is 188 g/mol. The van der Waals surface area contributed by atoms with Crippen molar-refractivity contribution in [3.63, 3.8) is 0 Å². The molecule has 0 aromatic heterocycles. The standard InChI is InChI=1S/C13H16O2/c1-9-4-6-10(7-5-9)13(11(14)15)8-12(13,2)3/h4-7H,8H2,1-3H3,(H,14,15). The van der Waals surface area contributed by atoms with Crippen molar-refractivity contribution in [2.45, 2.75) is 32.6 Å². The van der Waals surface area contributed by atoms with Crippen LogP contribution in [0.25, 0.3) is 0 Å². The molecule has 15 heavy (non-hydrogen) atoms. The number of rotatable bonds is 2. The van der Waals surface area contributed by atoms with Crippen molar-refractivity contribution in [3.05, 3.63) is 35.4 Å². The Morgan fingerprint density at radius 1 is 1.27 bits per heavy atom. The number of carboxylic acids is 1. The van der Waals surface area contributed by atoms with E-state index in [1.165, 1.54) is 0 Å². The first-order valence-electron chi connectivity index (χ1n) is 5.21. The molecule has 1 unspecified atom stereocenters. The second-order valence-electron chi connectivity index (χ2n) is 5.14. The fourth-order valence-corrected chi connectivity index (χ4v) is 2.44. The first-order valence-corrected chi connectivity index (χ1v) is 5.21. The molecule has 0 spiro atoms. The number of hydrogen-bond donors (Lipinski definition) is 1. The molecule has 0 radical (unpaired) electrons. The van der Waals surface area contributed by atoms with Gasteiger partial charge < -0.3 is 5.11 Å². The maximum atomic E-state index is 11.4. The minimum absolute atomic E-state index is 0.117. The molecule has 80 valence electrons. The zero-order valence-electron chi connectivity index (χ0n) is 9.37. The lowest BCUT2D eigenvalue weighted by Gasteiger charge is -2.16. The van der Waals surface area contributed by atoms with E-state index in [1.807, 2.05) is 45.0 Å². The van der Waals surface area contributed by atoms with Crippen LogP contribution in [-0.2, 0) is 10.2 Å². The van der Waals surface area contributed by atoms with Gasteiger partial charge in [-0.15, -0.1) is 0 Å². The van der Waals surface area contributed by atoms with Gasteiger partial charge in [-0.05, 0) is 24.3 Å². The van der Waals surface area contributed by atoms with E-state index >= 15 is 0 Å². The topological polar surface area (TPSA) is 37.3 Å². The van der Waals surface area contributed by atoms with Crippen LogP contribution >= 0.6 is 0 Å². The Balaban J connectivity index is 2.45. The molecule has 0 heterocycles. The molecule has 1 aromatic carbocycles. The molecule has 1 N–H and O–H groups in total. The van der Waals surface area contributed by atoms with E-state index in [1.54, 1.807) is 0 Å². The summed E-state index contributed by atoms with van der Waals surface area (Å²) in [6.07, 6.45) is 0.735. The minimum Gasteiger partial charge on any atom is -0.481 e. The van der Waals surface area contributed by atoms with Gasteiger partial charge in [0.05, 0.1) is 5.41 Å². The van der Waals surface area contributed by atoms with Gasteiger partial charge in [0.25, 0.3) is 0 Å². The zero-order valence-corrected chi connectivity index (χ0v) is 9.37. The molecule has 1 saturated carbocycles. The molecule has 1 aliphatic carbocycles. The van der Waals surface area contributed by atoms with Gasteiger partial charge in [0.1, 0.15) is 0 Å². The second-order valence-corrected chi connectivity index (χ2v) is 5.14. The van der Waals surface area contributed by atoms with Gasteiger partial charge in [0.15, 0.2) is 0 Å². The zero-order chi connectivity index (χ0) is 11.3. The van der Waals surface area contributed by atoms with E-state index in [4.69, 9.17) is 0 Å². The Morgan fingerprint density at radius 3 is 2.07 bits per heavy atom. The average molecular weight is 204 g/mol. The highest BCUT2D eigenvalue weighted by Gasteiger charge is 2.67. The predicted molar refractivity (Wildman–Crippen MR) is 58.9 cm³/mol. The van der Waals surface area contributed by atoms with Crippen LogP contribution in [0.1, 0.15) is 31.4 Å². The Hall–Kier alpha value is -1.31. The van der Waals surface area contributed by atoms with Crippen LogP contribution in [0, 0.1) is 12.3 Å². The molecule has 0 aliphatic heterocycles. The number of benzene rings is 1.